The van der Waals surface area contributed by atoms with E-state index in [1.54, 1.807) is 0 Å². The number of anilines is 1. The van der Waals surface area contributed by atoms with E-state index in [1.165, 1.54) is 29.7 Å². The van der Waals surface area contributed by atoms with E-state index in [9.17, 15) is 0 Å². The lowest BCUT2D eigenvalue weighted by atomic mass is 10.00. The predicted molar refractivity (Wildman–Crippen MR) is 105 cm³/mol. The van der Waals surface area contributed by atoms with Crippen LogP contribution in [0.5, 0.6) is 5.88 Å². The topological polar surface area (TPSA) is 37.4 Å². The maximum absolute atomic E-state index is 5.85. The van der Waals surface area contributed by atoms with E-state index in [1.807, 2.05) is 6.07 Å². The molecule has 1 N–H and O–H groups in total. The third-order valence-corrected chi connectivity index (χ3v) is 5.27. The summed E-state index contributed by atoms with van der Waals surface area (Å²) in [5, 5.41) is 3.26. The van der Waals surface area contributed by atoms with E-state index in [0.29, 0.717) is 5.88 Å². The molecular weight excluding hydrogens is 322 g/mol. The Morgan fingerprint density at radius 3 is 2.81 bits per heavy atom. The van der Waals surface area contributed by atoms with Crippen molar-refractivity contribution in [3.8, 4) is 5.88 Å². The second-order valence-corrected chi connectivity index (χ2v) is 7.24. The van der Waals surface area contributed by atoms with Crippen molar-refractivity contribution in [2.75, 3.05) is 25.0 Å². The summed E-state index contributed by atoms with van der Waals surface area (Å²) < 4.78 is 5.85. The van der Waals surface area contributed by atoms with Crippen LogP contribution in [0, 0.1) is 0 Å². The predicted octanol–water partition coefficient (Wildman–Crippen LogP) is 4.17. The van der Waals surface area contributed by atoms with E-state index in [-0.39, 0.29) is 0 Å². The summed E-state index contributed by atoms with van der Waals surface area (Å²) in [6.45, 7) is 8.09. The Bertz CT molecular complexity index is 787. The van der Waals surface area contributed by atoms with Crippen LogP contribution in [0.3, 0.4) is 0 Å². The van der Waals surface area contributed by atoms with Gasteiger partial charge in [0, 0.05) is 24.9 Å². The average molecular weight is 349 g/mol. The van der Waals surface area contributed by atoms with Gasteiger partial charge in [-0.2, -0.15) is 4.98 Å². The van der Waals surface area contributed by atoms with Crippen molar-refractivity contribution in [2.24, 2.45) is 0 Å². The minimum Gasteiger partial charge on any atom is -0.478 e. The van der Waals surface area contributed by atoms with Crippen LogP contribution < -0.4 is 10.1 Å². The third-order valence-electron chi connectivity index (χ3n) is 5.27. The van der Waals surface area contributed by atoms with Gasteiger partial charge in [-0.1, -0.05) is 30.8 Å². The number of ether oxygens (including phenoxy) is 1. The van der Waals surface area contributed by atoms with Gasteiger partial charge in [-0.15, -0.1) is 0 Å². The van der Waals surface area contributed by atoms with Crippen LogP contribution in [-0.2, 0) is 19.4 Å². The molecule has 4 nitrogen and oxygen atoms in total. The summed E-state index contributed by atoms with van der Waals surface area (Å²) in [4.78, 5) is 7.12. The minimum absolute atomic E-state index is 0.706. The molecule has 2 aliphatic rings. The number of allylic oxidation sites excluding steroid dienone is 1. The van der Waals surface area contributed by atoms with E-state index in [2.05, 4.69) is 52.1 Å². The van der Waals surface area contributed by atoms with Crippen molar-refractivity contribution < 1.29 is 4.74 Å². The standard InChI is InChI=1S/C22H27N3O/c1-17-8-9-19-10-11-21(24-22(19)23-17)26-15-5-4-13-25-14-12-18-6-2-3-7-20(18)16-25/h2-3,6-7,10-11H,1,4-5,8-9,12-16H2,(H,23,24). The molecule has 26 heavy (non-hydrogen) atoms. The van der Waals surface area contributed by atoms with Crippen molar-refractivity contribution in [3.05, 3.63) is 65.4 Å². The molecule has 2 aromatic rings. The molecule has 1 aromatic heterocycles. The van der Waals surface area contributed by atoms with Crippen LogP contribution in [0.15, 0.2) is 48.7 Å². The molecule has 0 atom stereocenters. The number of unbranched alkanes of at least 4 members (excludes halogenated alkanes) is 1. The molecule has 0 bridgehead atoms. The van der Waals surface area contributed by atoms with E-state index >= 15 is 0 Å². The zero-order valence-corrected chi connectivity index (χ0v) is 15.3. The zero-order chi connectivity index (χ0) is 17.8. The number of benzene rings is 1. The van der Waals surface area contributed by atoms with Crippen LogP contribution in [0.1, 0.15) is 36.0 Å². The Balaban J connectivity index is 1.19. The number of nitrogens with one attached hydrogen (secondary N) is 1. The molecular formula is C22H27N3O. The molecule has 0 radical (unpaired) electrons. The number of pyridine rings is 1. The molecule has 0 saturated carbocycles. The highest BCUT2D eigenvalue weighted by molar-refractivity contribution is 5.53. The van der Waals surface area contributed by atoms with Gasteiger partial charge in [0.2, 0.25) is 5.88 Å². The van der Waals surface area contributed by atoms with Crippen molar-refractivity contribution in [2.45, 2.75) is 38.6 Å². The lowest BCUT2D eigenvalue weighted by Gasteiger charge is -2.28. The van der Waals surface area contributed by atoms with Crippen molar-refractivity contribution in [3.63, 3.8) is 0 Å². The number of hydrogen-bond acceptors (Lipinski definition) is 4. The largest absolute Gasteiger partial charge is 0.478 e. The van der Waals surface area contributed by atoms with E-state index in [0.717, 1.165) is 56.9 Å². The number of rotatable bonds is 6. The molecule has 2 aliphatic heterocycles. The summed E-state index contributed by atoms with van der Waals surface area (Å²) in [5.41, 5.74) is 5.28. The van der Waals surface area contributed by atoms with Crippen LogP contribution in [0.4, 0.5) is 5.82 Å². The van der Waals surface area contributed by atoms with Gasteiger partial charge in [-0.25, -0.2) is 0 Å². The molecule has 4 heteroatoms. The maximum atomic E-state index is 5.85. The first-order chi connectivity index (χ1) is 12.8. The first-order valence-electron chi connectivity index (χ1n) is 9.64. The SMILES string of the molecule is C=C1CCc2ccc(OCCCCN3CCc4ccccc4C3)nc2N1. The second kappa shape index (κ2) is 7.92. The van der Waals surface area contributed by atoms with E-state index < -0.39 is 0 Å². The smallest absolute Gasteiger partial charge is 0.215 e. The first-order valence-corrected chi connectivity index (χ1v) is 9.64. The fourth-order valence-electron chi connectivity index (χ4n) is 3.74. The molecule has 136 valence electrons. The van der Waals surface area contributed by atoms with Crippen molar-refractivity contribution in [1.29, 1.82) is 0 Å². The Hall–Kier alpha value is -2.33. The molecule has 0 unspecified atom stereocenters. The van der Waals surface area contributed by atoms with Gasteiger partial charge < -0.3 is 10.1 Å². The molecule has 0 amide bonds. The van der Waals surface area contributed by atoms with Gasteiger partial charge in [-0.3, -0.25) is 4.90 Å². The highest BCUT2D eigenvalue weighted by Crippen LogP contribution is 2.26. The van der Waals surface area contributed by atoms with Gasteiger partial charge in [0.1, 0.15) is 5.82 Å². The van der Waals surface area contributed by atoms with Gasteiger partial charge in [0.15, 0.2) is 0 Å². The highest BCUT2D eigenvalue weighted by Gasteiger charge is 2.15. The zero-order valence-electron chi connectivity index (χ0n) is 15.3. The number of aromatic nitrogens is 1. The lowest BCUT2D eigenvalue weighted by molar-refractivity contribution is 0.233. The second-order valence-electron chi connectivity index (χ2n) is 7.24. The molecule has 0 spiro atoms. The number of hydrogen-bond donors (Lipinski definition) is 1. The summed E-state index contributed by atoms with van der Waals surface area (Å²) in [6.07, 6.45) is 5.37. The fraction of sp³-hybridized carbons (Fsp3) is 0.409. The molecule has 0 saturated heterocycles. The Kier molecular flexibility index (Phi) is 5.21. The maximum Gasteiger partial charge on any atom is 0.215 e. The normalized spacial score (nSPS) is 16.5. The molecule has 4 rings (SSSR count). The van der Waals surface area contributed by atoms with E-state index in [4.69, 9.17) is 4.74 Å². The number of fused-ring (bicyclic) bond motifs is 2. The Labute approximate surface area is 155 Å². The van der Waals surface area contributed by atoms with Crippen molar-refractivity contribution >= 4 is 5.82 Å². The fourth-order valence-corrected chi connectivity index (χ4v) is 3.74. The summed E-state index contributed by atoms with van der Waals surface area (Å²) in [6, 6.07) is 12.9. The lowest BCUT2D eigenvalue weighted by Crippen LogP contribution is -2.31. The Morgan fingerprint density at radius 1 is 1.00 bits per heavy atom. The highest BCUT2D eigenvalue weighted by atomic mass is 16.5. The van der Waals surface area contributed by atoms with Gasteiger partial charge in [0.25, 0.3) is 0 Å². The van der Waals surface area contributed by atoms with Crippen LogP contribution in [0.25, 0.3) is 0 Å². The van der Waals surface area contributed by atoms with Gasteiger partial charge >= 0.3 is 0 Å². The van der Waals surface area contributed by atoms with Gasteiger partial charge in [-0.05, 0) is 61.4 Å². The summed E-state index contributed by atoms with van der Waals surface area (Å²) in [5.74, 6) is 1.61. The average Bonchev–Trinajstić information content (AvgIpc) is 2.67. The Morgan fingerprint density at radius 2 is 1.88 bits per heavy atom. The summed E-state index contributed by atoms with van der Waals surface area (Å²) >= 11 is 0. The molecule has 0 aliphatic carbocycles. The van der Waals surface area contributed by atoms with Crippen LogP contribution >= 0.6 is 0 Å². The molecule has 1 aromatic carbocycles. The molecule has 0 fully saturated rings. The number of aryl methyl sites for hydroxylation is 1. The first kappa shape index (κ1) is 17.1. The van der Waals surface area contributed by atoms with Crippen LogP contribution in [-0.4, -0.2) is 29.6 Å². The quantitative estimate of drug-likeness (QED) is 0.794. The monoisotopic (exact) mass is 349 g/mol. The number of nitrogens with zero attached hydrogens (tertiary/aromatic N) is 2. The van der Waals surface area contributed by atoms with Crippen LogP contribution in [0.2, 0.25) is 0 Å². The minimum atomic E-state index is 0.706. The van der Waals surface area contributed by atoms with Gasteiger partial charge in [0.05, 0.1) is 6.61 Å². The summed E-state index contributed by atoms with van der Waals surface area (Å²) in [7, 11) is 0. The third kappa shape index (κ3) is 4.07. The molecule has 3 heterocycles. The van der Waals surface area contributed by atoms with Crippen molar-refractivity contribution in [1.82, 2.24) is 9.88 Å².